The standard InChI is InChI=1S/C15H15N3O5/c1-22-15(19)14-6-11(18(20)21)2-3-13(14)10-7-16-17(8-10)12-4-5-23-9-12/h2-3,6-8,12H,4-5,9H2,1H3/t12-/m1/s1. The summed E-state index contributed by atoms with van der Waals surface area (Å²) in [4.78, 5) is 22.3. The van der Waals surface area contributed by atoms with Crippen LogP contribution < -0.4 is 0 Å². The van der Waals surface area contributed by atoms with Crippen LogP contribution in [0.1, 0.15) is 22.8 Å². The molecule has 0 unspecified atom stereocenters. The molecular weight excluding hydrogens is 302 g/mol. The number of rotatable bonds is 4. The highest BCUT2D eigenvalue weighted by molar-refractivity contribution is 5.97. The molecule has 1 aliphatic heterocycles. The molecule has 1 aromatic heterocycles. The first-order chi connectivity index (χ1) is 11.1. The van der Waals surface area contributed by atoms with Gasteiger partial charge in [-0.1, -0.05) is 0 Å². The summed E-state index contributed by atoms with van der Waals surface area (Å²) in [5, 5.41) is 15.2. The van der Waals surface area contributed by atoms with E-state index in [1.54, 1.807) is 10.9 Å². The second-order valence-electron chi connectivity index (χ2n) is 5.21. The van der Waals surface area contributed by atoms with E-state index in [1.807, 2.05) is 6.20 Å². The van der Waals surface area contributed by atoms with Crippen molar-refractivity contribution in [2.24, 2.45) is 0 Å². The summed E-state index contributed by atoms with van der Waals surface area (Å²) in [6, 6.07) is 4.29. The highest BCUT2D eigenvalue weighted by Crippen LogP contribution is 2.29. The molecule has 0 amide bonds. The molecule has 0 aliphatic carbocycles. The molecule has 0 saturated carbocycles. The van der Waals surface area contributed by atoms with Gasteiger partial charge in [-0.15, -0.1) is 0 Å². The topological polar surface area (TPSA) is 96.5 Å². The Morgan fingerprint density at radius 3 is 3.00 bits per heavy atom. The fourth-order valence-electron chi connectivity index (χ4n) is 2.58. The minimum atomic E-state index is -0.624. The van der Waals surface area contributed by atoms with Gasteiger partial charge in [-0.3, -0.25) is 14.8 Å². The highest BCUT2D eigenvalue weighted by Gasteiger charge is 2.22. The van der Waals surface area contributed by atoms with Crippen molar-refractivity contribution in [1.82, 2.24) is 9.78 Å². The van der Waals surface area contributed by atoms with Gasteiger partial charge in [0, 0.05) is 30.5 Å². The van der Waals surface area contributed by atoms with Gasteiger partial charge in [-0.2, -0.15) is 5.10 Å². The highest BCUT2D eigenvalue weighted by atomic mass is 16.6. The molecule has 3 rings (SSSR count). The summed E-state index contributed by atoms with van der Waals surface area (Å²) in [5.74, 6) is -0.624. The number of non-ortho nitro benzene ring substituents is 1. The lowest BCUT2D eigenvalue weighted by atomic mass is 10.0. The van der Waals surface area contributed by atoms with Crippen LogP contribution in [0.3, 0.4) is 0 Å². The van der Waals surface area contributed by atoms with Gasteiger partial charge in [-0.25, -0.2) is 4.79 Å². The molecule has 2 heterocycles. The van der Waals surface area contributed by atoms with Gasteiger partial charge in [0.1, 0.15) is 0 Å². The lowest BCUT2D eigenvalue weighted by Gasteiger charge is -2.08. The zero-order valence-corrected chi connectivity index (χ0v) is 12.5. The van der Waals surface area contributed by atoms with E-state index in [2.05, 4.69) is 5.10 Å². The molecule has 1 atom stereocenters. The van der Waals surface area contributed by atoms with E-state index in [0.717, 1.165) is 6.42 Å². The molecule has 120 valence electrons. The number of benzene rings is 1. The van der Waals surface area contributed by atoms with Gasteiger partial charge in [0.25, 0.3) is 5.69 Å². The van der Waals surface area contributed by atoms with Crippen LogP contribution in [0.4, 0.5) is 5.69 Å². The van der Waals surface area contributed by atoms with Crippen molar-refractivity contribution in [2.75, 3.05) is 20.3 Å². The SMILES string of the molecule is COC(=O)c1cc([N+](=O)[O-])ccc1-c1cnn([C@@H]2CCOC2)c1. The first-order valence-electron chi connectivity index (χ1n) is 7.09. The predicted molar refractivity (Wildman–Crippen MR) is 80.1 cm³/mol. The number of nitrogens with zero attached hydrogens (tertiary/aromatic N) is 3. The van der Waals surface area contributed by atoms with Crippen molar-refractivity contribution < 1.29 is 19.2 Å². The Hall–Kier alpha value is -2.74. The fraction of sp³-hybridized carbons (Fsp3) is 0.333. The Labute approximate surface area is 131 Å². The van der Waals surface area contributed by atoms with Crippen LogP contribution in [0.15, 0.2) is 30.6 Å². The first-order valence-corrected chi connectivity index (χ1v) is 7.09. The van der Waals surface area contributed by atoms with E-state index in [0.29, 0.717) is 24.3 Å². The Morgan fingerprint density at radius 2 is 2.35 bits per heavy atom. The fourth-order valence-corrected chi connectivity index (χ4v) is 2.58. The lowest BCUT2D eigenvalue weighted by Crippen LogP contribution is -2.08. The molecule has 0 spiro atoms. The zero-order chi connectivity index (χ0) is 16.4. The van der Waals surface area contributed by atoms with Crippen LogP contribution in [0.25, 0.3) is 11.1 Å². The largest absolute Gasteiger partial charge is 0.465 e. The second kappa shape index (κ2) is 6.17. The molecule has 23 heavy (non-hydrogen) atoms. The molecule has 1 aromatic carbocycles. The van der Waals surface area contributed by atoms with Crippen LogP contribution >= 0.6 is 0 Å². The van der Waals surface area contributed by atoms with Crippen molar-refractivity contribution in [3.63, 3.8) is 0 Å². The second-order valence-corrected chi connectivity index (χ2v) is 5.21. The molecule has 2 aromatic rings. The normalized spacial score (nSPS) is 17.2. The molecule has 8 heteroatoms. The average molecular weight is 317 g/mol. The number of hydrogen-bond donors (Lipinski definition) is 0. The Kier molecular flexibility index (Phi) is 4.07. The smallest absolute Gasteiger partial charge is 0.338 e. The van der Waals surface area contributed by atoms with Gasteiger partial charge in [0.15, 0.2) is 0 Å². The number of nitro benzene ring substituents is 1. The van der Waals surface area contributed by atoms with Crippen molar-refractivity contribution in [3.05, 3.63) is 46.3 Å². The number of nitro groups is 1. The zero-order valence-electron chi connectivity index (χ0n) is 12.5. The van der Waals surface area contributed by atoms with Crippen molar-refractivity contribution in [1.29, 1.82) is 0 Å². The quantitative estimate of drug-likeness (QED) is 0.487. The maximum atomic E-state index is 12.0. The van der Waals surface area contributed by atoms with Crippen LogP contribution in [0, 0.1) is 10.1 Å². The molecule has 0 bridgehead atoms. The van der Waals surface area contributed by atoms with E-state index >= 15 is 0 Å². The number of hydrogen-bond acceptors (Lipinski definition) is 6. The van der Waals surface area contributed by atoms with E-state index in [9.17, 15) is 14.9 Å². The average Bonchev–Trinajstić information content (AvgIpc) is 3.24. The van der Waals surface area contributed by atoms with Crippen LogP contribution in [-0.4, -0.2) is 41.0 Å². The number of esters is 1. The minimum absolute atomic E-state index is 0.143. The third-order valence-electron chi connectivity index (χ3n) is 3.81. The molecule has 1 aliphatic rings. The summed E-state index contributed by atoms with van der Waals surface area (Å²) >= 11 is 0. The third-order valence-corrected chi connectivity index (χ3v) is 3.81. The van der Waals surface area contributed by atoms with Crippen LogP contribution in [0.5, 0.6) is 0 Å². The molecule has 0 N–H and O–H groups in total. The van der Waals surface area contributed by atoms with Gasteiger partial charge in [0.2, 0.25) is 0 Å². The summed E-state index contributed by atoms with van der Waals surface area (Å²) < 4.78 is 11.9. The summed E-state index contributed by atoms with van der Waals surface area (Å²) in [6.07, 6.45) is 4.32. The maximum absolute atomic E-state index is 12.0. The number of aromatic nitrogens is 2. The predicted octanol–water partition coefficient (Wildman–Crippen LogP) is 2.21. The maximum Gasteiger partial charge on any atom is 0.338 e. The molecule has 0 radical (unpaired) electrons. The van der Waals surface area contributed by atoms with E-state index in [1.165, 1.54) is 25.3 Å². The van der Waals surface area contributed by atoms with Crippen LogP contribution in [0.2, 0.25) is 0 Å². The van der Waals surface area contributed by atoms with Gasteiger partial charge < -0.3 is 9.47 Å². The van der Waals surface area contributed by atoms with E-state index in [4.69, 9.17) is 9.47 Å². The first kappa shape index (κ1) is 15.2. The summed E-state index contributed by atoms with van der Waals surface area (Å²) in [7, 11) is 1.24. The molecule has 1 saturated heterocycles. The number of carbonyl (C=O) groups is 1. The summed E-state index contributed by atoms with van der Waals surface area (Å²) in [5.41, 5.74) is 1.23. The van der Waals surface area contributed by atoms with Gasteiger partial charge in [0.05, 0.1) is 36.4 Å². The van der Waals surface area contributed by atoms with Gasteiger partial charge in [-0.05, 0) is 18.1 Å². The number of ether oxygens (including phenoxy) is 2. The van der Waals surface area contributed by atoms with Gasteiger partial charge >= 0.3 is 5.97 Å². The monoisotopic (exact) mass is 317 g/mol. The number of methoxy groups -OCH3 is 1. The molecular formula is C15H15N3O5. The number of carbonyl (C=O) groups excluding carboxylic acids is 1. The van der Waals surface area contributed by atoms with Crippen LogP contribution in [-0.2, 0) is 9.47 Å². The van der Waals surface area contributed by atoms with E-state index in [-0.39, 0.29) is 17.3 Å². The van der Waals surface area contributed by atoms with Crippen molar-refractivity contribution >= 4 is 11.7 Å². The molecule has 8 nitrogen and oxygen atoms in total. The Balaban J connectivity index is 2.01. The van der Waals surface area contributed by atoms with Crippen molar-refractivity contribution in [3.8, 4) is 11.1 Å². The van der Waals surface area contributed by atoms with E-state index < -0.39 is 10.9 Å². The lowest BCUT2D eigenvalue weighted by molar-refractivity contribution is -0.384. The molecule has 1 fully saturated rings. The Morgan fingerprint density at radius 1 is 1.52 bits per heavy atom. The van der Waals surface area contributed by atoms with Crippen molar-refractivity contribution in [2.45, 2.75) is 12.5 Å². The summed E-state index contributed by atoms with van der Waals surface area (Å²) in [6.45, 7) is 1.30. The third kappa shape index (κ3) is 2.93. The Bertz CT molecular complexity index is 749. The minimum Gasteiger partial charge on any atom is -0.465 e.